The summed E-state index contributed by atoms with van der Waals surface area (Å²) in [7, 11) is 0. The number of nitrogens with zero attached hydrogens (tertiary/aromatic N) is 2. The molecule has 0 aliphatic carbocycles. The van der Waals surface area contributed by atoms with Gasteiger partial charge in [-0.2, -0.15) is 5.11 Å². The van der Waals surface area contributed by atoms with Crippen molar-refractivity contribution in [1.29, 1.82) is 0 Å². The highest BCUT2D eigenvalue weighted by atomic mass is 16.5. The molecule has 0 atom stereocenters. The van der Waals surface area contributed by atoms with Crippen molar-refractivity contribution in [2.24, 2.45) is 10.2 Å². The van der Waals surface area contributed by atoms with E-state index in [1.807, 2.05) is 30.3 Å². The number of ether oxygens (including phenoxy) is 1. The standard InChI is InChI=1S/C17H16N2O3/c1-12(20)17(13(2)21)19-18-14-8-10-16(11-9-14)22-15-6-4-3-5-7-15/h3-11,20H,1-2H3/b17-12-,19-18?. The van der Waals surface area contributed by atoms with E-state index in [4.69, 9.17) is 4.74 Å². The third-order valence-electron chi connectivity index (χ3n) is 2.76. The molecule has 0 saturated carbocycles. The van der Waals surface area contributed by atoms with Crippen LogP contribution in [-0.2, 0) is 4.79 Å². The van der Waals surface area contributed by atoms with E-state index in [-0.39, 0.29) is 17.2 Å². The monoisotopic (exact) mass is 296 g/mol. The Morgan fingerprint density at radius 1 is 0.955 bits per heavy atom. The Kier molecular flexibility index (Phi) is 5.03. The third kappa shape index (κ3) is 4.28. The van der Waals surface area contributed by atoms with Gasteiger partial charge in [0.15, 0.2) is 11.5 Å². The second-order valence-corrected chi connectivity index (χ2v) is 4.60. The number of para-hydroxylation sites is 1. The first-order valence-electron chi connectivity index (χ1n) is 6.72. The lowest BCUT2D eigenvalue weighted by molar-refractivity contribution is -0.113. The summed E-state index contributed by atoms with van der Waals surface area (Å²) in [6, 6.07) is 16.4. The average Bonchev–Trinajstić information content (AvgIpc) is 2.49. The first-order valence-corrected chi connectivity index (χ1v) is 6.72. The van der Waals surface area contributed by atoms with E-state index in [2.05, 4.69) is 10.2 Å². The van der Waals surface area contributed by atoms with Crippen LogP contribution in [0.1, 0.15) is 13.8 Å². The number of hydrogen-bond acceptors (Lipinski definition) is 5. The molecule has 0 aliphatic heterocycles. The van der Waals surface area contributed by atoms with Gasteiger partial charge in [-0.25, -0.2) is 0 Å². The predicted molar refractivity (Wildman–Crippen MR) is 83.5 cm³/mol. The summed E-state index contributed by atoms with van der Waals surface area (Å²) >= 11 is 0. The minimum absolute atomic E-state index is 0.0513. The summed E-state index contributed by atoms with van der Waals surface area (Å²) in [4.78, 5) is 11.3. The summed E-state index contributed by atoms with van der Waals surface area (Å²) in [6.45, 7) is 2.72. The van der Waals surface area contributed by atoms with Crippen LogP contribution in [0.15, 0.2) is 76.3 Å². The molecule has 2 aromatic rings. The lowest BCUT2D eigenvalue weighted by Gasteiger charge is -2.05. The quantitative estimate of drug-likeness (QED) is 0.482. The molecule has 0 aliphatic rings. The zero-order valence-electron chi connectivity index (χ0n) is 12.4. The van der Waals surface area contributed by atoms with E-state index in [1.54, 1.807) is 24.3 Å². The van der Waals surface area contributed by atoms with Crippen LogP contribution >= 0.6 is 0 Å². The Labute approximate surface area is 128 Å². The number of benzene rings is 2. The fraction of sp³-hybridized carbons (Fsp3) is 0.118. The van der Waals surface area contributed by atoms with Crippen LogP contribution in [0, 0.1) is 0 Å². The van der Waals surface area contributed by atoms with Crippen LogP contribution in [0.4, 0.5) is 5.69 Å². The SMILES string of the molecule is CC(=O)/C(N=Nc1ccc(Oc2ccccc2)cc1)=C(\C)O. The van der Waals surface area contributed by atoms with Gasteiger partial charge in [0.1, 0.15) is 17.3 Å². The molecular weight excluding hydrogens is 280 g/mol. The van der Waals surface area contributed by atoms with Gasteiger partial charge in [0.2, 0.25) is 0 Å². The molecule has 2 rings (SSSR count). The number of carbonyl (C=O) groups excluding carboxylic acids is 1. The minimum Gasteiger partial charge on any atom is -0.510 e. The number of ketones is 1. The van der Waals surface area contributed by atoms with Crippen molar-refractivity contribution in [2.45, 2.75) is 13.8 Å². The lowest BCUT2D eigenvalue weighted by Crippen LogP contribution is -1.96. The molecule has 5 nitrogen and oxygen atoms in total. The zero-order chi connectivity index (χ0) is 15.9. The maximum Gasteiger partial charge on any atom is 0.183 e. The number of allylic oxidation sites excluding steroid dienone is 2. The summed E-state index contributed by atoms with van der Waals surface area (Å²) < 4.78 is 5.66. The molecule has 0 radical (unpaired) electrons. The average molecular weight is 296 g/mol. The number of carbonyl (C=O) groups is 1. The Morgan fingerprint density at radius 2 is 1.55 bits per heavy atom. The number of aliphatic hydroxyl groups is 1. The van der Waals surface area contributed by atoms with Crippen molar-refractivity contribution >= 4 is 11.5 Å². The van der Waals surface area contributed by atoms with E-state index in [0.717, 1.165) is 5.75 Å². The van der Waals surface area contributed by atoms with Crippen molar-refractivity contribution in [3.05, 3.63) is 66.1 Å². The zero-order valence-corrected chi connectivity index (χ0v) is 12.4. The van der Waals surface area contributed by atoms with Gasteiger partial charge < -0.3 is 9.84 Å². The Balaban J connectivity index is 2.09. The molecule has 112 valence electrons. The molecule has 0 saturated heterocycles. The van der Waals surface area contributed by atoms with Crippen LogP contribution in [0.3, 0.4) is 0 Å². The van der Waals surface area contributed by atoms with Crippen molar-refractivity contribution in [3.63, 3.8) is 0 Å². The molecule has 0 bridgehead atoms. The largest absolute Gasteiger partial charge is 0.510 e. The van der Waals surface area contributed by atoms with E-state index < -0.39 is 0 Å². The van der Waals surface area contributed by atoms with Gasteiger partial charge in [0.05, 0.1) is 5.69 Å². The highest BCUT2D eigenvalue weighted by Crippen LogP contribution is 2.24. The second-order valence-electron chi connectivity index (χ2n) is 4.60. The Morgan fingerprint density at radius 3 is 2.09 bits per heavy atom. The maximum atomic E-state index is 11.3. The van der Waals surface area contributed by atoms with Crippen molar-refractivity contribution in [1.82, 2.24) is 0 Å². The van der Waals surface area contributed by atoms with Gasteiger partial charge in [-0.3, -0.25) is 4.79 Å². The second kappa shape index (κ2) is 7.17. The summed E-state index contributed by atoms with van der Waals surface area (Å²) in [6.07, 6.45) is 0. The maximum absolute atomic E-state index is 11.3. The van der Waals surface area contributed by atoms with Crippen molar-refractivity contribution in [2.75, 3.05) is 0 Å². The van der Waals surface area contributed by atoms with Crippen molar-refractivity contribution < 1.29 is 14.6 Å². The van der Waals surface area contributed by atoms with Crippen molar-refractivity contribution in [3.8, 4) is 11.5 Å². The smallest absolute Gasteiger partial charge is 0.183 e. The first-order chi connectivity index (χ1) is 10.6. The molecule has 1 N–H and O–H groups in total. The van der Waals surface area contributed by atoms with E-state index in [0.29, 0.717) is 11.4 Å². The molecule has 2 aromatic carbocycles. The number of Topliss-reactive ketones (excluding diaryl/α,β-unsaturated/α-hetero) is 1. The highest BCUT2D eigenvalue weighted by molar-refractivity contribution is 5.93. The first kappa shape index (κ1) is 15.4. The molecule has 0 fully saturated rings. The van der Waals surface area contributed by atoms with Gasteiger partial charge in [-0.1, -0.05) is 18.2 Å². The number of azo groups is 1. The lowest BCUT2D eigenvalue weighted by atomic mass is 10.3. The molecule has 0 aromatic heterocycles. The van der Waals surface area contributed by atoms with Gasteiger partial charge in [-0.15, -0.1) is 5.11 Å². The van der Waals surface area contributed by atoms with E-state index in [9.17, 15) is 9.90 Å². The van der Waals surface area contributed by atoms with E-state index in [1.165, 1.54) is 13.8 Å². The topological polar surface area (TPSA) is 71.2 Å². The van der Waals surface area contributed by atoms with E-state index >= 15 is 0 Å². The predicted octanol–water partition coefficient (Wildman–Crippen LogP) is 4.94. The summed E-state index contributed by atoms with van der Waals surface area (Å²) in [5.41, 5.74) is 0.505. The number of aliphatic hydroxyl groups excluding tert-OH is 1. The number of rotatable bonds is 5. The number of hydrogen-bond donors (Lipinski definition) is 1. The highest BCUT2D eigenvalue weighted by Gasteiger charge is 2.06. The summed E-state index contributed by atoms with van der Waals surface area (Å²) in [5.74, 6) is 0.925. The van der Waals surface area contributed by atoms with Gasteiger partial charge in [0.25, 0.3) is 0 Å². The third-order valence-corrected chi connectivity index (χ3v) is 2.76. The molecule has 22 heavy (non-hydrogen) atoms. The molecule has 0 spiro atoms. The van der Waals surface area contributed by atoms with Crippen LogP contribution in [-0.4, -0.2) is 10.9 Å². The normalized spacial score (nSPS) is 12.1. The molecule has 5 heteroatoms. The van der Waals surface area contributed by atoms with Crippen LogP contribution in [0.5, 0.6) is 11.5 Å². The fourth-order valence-corrected chi connectivity index (χ4v) is 1.71. The Bertz CT molecular complexity index is 700. The molecular formula is C17H16N2O3. The van der Waals surface area contributed by atoms with Crippen LogP contribution < -0.4 is 4.74 Å². The van der Waals surface area contributed by atoms with Gasteiger partial charge >= 0.3 is 0 Å². The van der Waals surface area contributed by atoms with Crippen LogP contribution in [0.2, 0.25) is 0 Å². The van der Waals surface area contributed by atoms with Gasteiger partial charge in [-0.05, 0) is 43.3 Å². The minimum atomic E-state index is -0.340. The fourth-order valence-electron chi connectivity index (χ4n) is 1.71. The van der Waals surface area contributed by atoms with Crippen LogP contribution in [0.25, 0.3) is 0 Å². The molecule has 0 amide bonds. The molecule has 0 unspecified atom stereocenters. The van der Waals surface area contributed by atoms with Gasteiger partial charge in [0, 0.05) is 6.92 Å². The molecule has 0 heterocycles. The summed E-state index contributed by atoms with van der Waals surface area (Å²) in [5, 5.41) is 17.1. The Hall–Kier alpha value is -2.95.